The van der Waals surface area contributed by atoms with Gasteiger partial charge in [-0.05, 0) is 0 Å². The van der Waals surface area contributed by atoms with Gasteiger partial charge in [0.15, 0.2) is 0 Å². The van der Waals surface area contributed by atoms with Crippen LogP contribution in [0.1, 0.15) is 67.2 Å². The highest BCUT2D eigenvalue weighted by Gasteiger charge is 1.58. The SMILES string of the molecule is CC.CCC#CCC.CCC#CCC.c1ccccc1. The van der Waals surface area contributed by atoms with Crippen molar-refractivity contribution in [2.45, 2.75) is 67.2 Å². The third-order valence-electron chi connectivity index (χ3n) is 1.62. The van der Waals surface area contributed by atoms with Crippen LogP contribution in [0.2, 0.25) is 0 Å². The third kappa shape index (κ3) is 36.0. The van der Waals surface area contributed by atoms with Crippen LogP contribution in [0.15, 0.2) is 36.4 Å². The van der Waals surface area contributed by atoms with Gasteiger partial charge in [0.2, 0.25) is 0 Å². The molecule has 0 heterocycles. The first kappa shape index (κ1) is 23.4. The topological polar surface area (TPSA) is 0 Å². The molecule has 0 amide bonds. The molecular weight excluding hydrogens is 240 g/mol. The van der Waals surface area contributed by atoms with E-state index < -0.39 is 0 Å². The Labute approximate surface area is 128 Å². The summed E-state index contributed by atoms with van der Waals surface area (Å²) in [6, 6.07) is 12.0. The van der Waals surface area contributed by atoms with Crippen LogP contribution in [0, 0.1) is 23.7 Å². The van der Waals surface area contributed by atoms with Crippen LogP contribution in [0.4, 0.5) is 0 Å². The van der Waals surface area contributed by atoms with E-state index in [1.165, 1.54) is 0 Å². The van der Waals surface area contributed by atoms with Crippen molar-refractivity contribution in [2.75, 3.05) is 0 Å². The van der Waals surface area contributed by atoms with Crippen LogP contribution in [0.5, 0.6) is 0 Å². The first-order chi connectivity index (χ1) is 9.83. The maximum atomic E-state index is 2.95. The van der Waals surface area contributed by atoms with Crippen LogP contribution >= 0.6 is 0 Å². The van der Waals surface area contributed by atoms with Gasteiger partial charge in [0, 0.05) is 25.7 Å². The van der Waals surface area contributed by atoms with Gasteiger partial charge in [0.1, 0.15) is 0 Å². The minimum absolute atomic E-state index is 0.994. The van der Waals surface area contributed by atoms with Gasteiger partial charge in [-0.3, -0.25) is 0 Å². The van der Waals surface area contributed by atoms with Crippen molar-refractivity contribution >= 4 is 0 Å². The molecule has 1 rings (SSSR count). The van der Waals surface area contributed by atoms with Crippen LogP contribution in [-0.2, 0) is 0 Å². The Morgan fingerprint density at radius 1 is 0.450 bits per heavy atom. The van der Waals surface area contributed by atoms with Gasteiger partial charge in [-0.1, -0.05) is 77.9 Å². The lowest BCUT2D eigenvalue weighted by atomic mass is 10.4. The van der Waals surface area contributed by atoms with Crippen molar-refractivity contribution in [3.05, 3.63) is 36.4 Å². The second-order valence-corrected chi connectivity index (χ2v) is 3.28. The summed E-state index contributed by atoms with van der Waals surface area (Å²) in [5.74, 6) is 11.8. The van der Waals surface area contributed by atoms with Crippen LogP contribution < -0.4 is 0 Å². The summed E-state index contributed by atoms with van der Waals surface area (Å²) < 4.78 is 0. The molecule has 0 nitrogen and oxygen atoms in total. The summed E-state index contributed by atoms with van der Waals surface area (Å²) >= 11 is 0. The first-order valence-corrected chi connectivity index (χ1v) is 7.74. The molecule has 0 aromatic heterocycles. The smallest absolute Gasteiger partial charge is 0.00602 e. The second kappa shape index (κ2) is 30.4. The summed E-state index contributed by atoms with van der Waals surface area (Å²) in [5, 5.41) is 0. The predicted molar refractivity (Wildman–Crippen MR) is 94.5 cm³/mol. The second-order valence-electron chi connectivity index (χ2n) is 3.28. The summed E-state index contributed by atoms with van der Waals surface area (Å²) in [5.41, 5.74) is 0. The lowest BCUT2D eigenvalue weighted by molar-refractivity contribution is 1.23. The Balaban J connectivity index is -0.000000204. The minimum Gasteiger partial charge on any atom is -0.104 e. The normalized spacial score (nSPS) is 6.50. The molecule has 0 aliphatic rings. The first-order valence-electron chi connectivity index (χ1n) is 7.74. The van der Waals surface area contributed by atoms with E-state index in [4.69, 9.17) is 0 Å². The molecule has 112 valence electrons. The van der Waals surface area contributed by atoms with Crippen molar-refractivity contribution in [2.24, 2.45) is 0 Å². The number of rotatable bonds is 0. The molecule has 0 N–H and O–H groups in total. The Hall–Kier alpha value is -1.66. The van der Waals surface area contributed by atoms with Crippen LogP contribution in [0.3, 0.4) is 0 Å². The highest BCUT2D eigenvalue weighted by Crippen LogP contribution is 1.79. The lowest BCUT2D eigenvalue weighted by Gasteiger charge is -1.69. The Morgan fingerprint density at radius 3 is 0.700 bits per heavy atom. The minimum atomic E-state index is 0.994. The molecule has 0 saturated carbocycles. The van der Waals surface area contributed by atoms with Gasteiger partial charge < -0.3 is 0 Å². The zero-order valence-corrected chi connectivity index (χ0v) is 14.3. The molecule has 1 aromatic carbocycles. The van der Waals surface area contributed by atoms with E-state index in [1.807, 2.05) is 50.2 Å². The quantitative estimate of drug-likeness (QED) is 0.484. The van der Waals surface area contributed by atoms with Crippen molar-refractivity contribution < 1.29 is 0 Å². The molecule has 0 bridgehead atoms. The van der Waals surface area contributed by atoms with E-state index in [-0.39, 0.29) is 0 Å². The van der Waals surface area contributed by atoms with Gasteiger partial charge >= 0.3 is 0 Å². The molecule has 0 fully saturated rings. The fourth-order valence-electron chi connectivity index (χ4n) is 0.885. The highest BCUT2D eigenvalue weighted by molar-refractivity contribution is 4.99. The van der Waals surface area contributed by atoms with E-state index >= 15 is 0 Å². The van der Waals surface area contributed by atoms with Gasteiger partial charge in [0.25, 0.3) is 0 Å². The summed E-state index contributed by atoms with van der Waals surface area (Å²) in [4.78, 5) is 0. The average Bonchev–Trinajstić information content (AvgIpc) is 2.55. The fourth-order valence-corrected chi connectivity index (χ4v) is 0.885. The van der Waals surface area contributed by atoms with E-state index in [2.05, 4.69) is 51.4 Å². The van der Waals surface area contributed by atoms with Gasteiger partial charge in [0.05, 0.1) is 0 Å². The number of hydrogen-bond acceptors (Lipinski definition) is 0. The highest BCUT2D eigenvalue weighted by atomic mass is 13.6. The molecule has 0 radical (unpaired) electrons. The molecule has 0 spiro atoms. The summed E-state index contributed by atoms with van der Waals surface area (Å²) in [6.45, 7) is 12.2. The summed E-state index contributed by atoms with van der Waals surface area (Å²) in [6.07, 6.45) is 3.98. The van der Waals surface area contributed by atoms with E-state index in [0.717, 1.165) is 25.7 Å². The standard InChI is InChI=1S/C6H6.2C6H10.C2H6/c1-2-4-6-5-3-1;2*1-3-5-6-4-2;1-2/h1-6H;2*3-4H2,1-2H3;1-2H3. The van der Waals surface area contributed by atoms with Crippen LogP contribution in [0.25, 0.3) is 0 Å². The molecular formula is C20H32. The van der Waals surface area contributed by atoms with Crippen LogP contribution in [-0.4, -0.2) is 0 Å². The molecule has 0 unspecified atom stereocenters. The van der Waals surface area contributed by atoms with Gasteiger partial charge in [-0.15, -0.1) is 23.7 Å². The van der Waals surface area contributed by atoms with E-state index in [9.17, 15) is 0 Å². The molecule has 0 heteroatoms. The molecule has 0 aliphatic carbocycles. The Kier molecular flexibility index (Phi) is 35.6. The maximum absolute atomic E-state index is 2.95. The Morgan fingerprint density at radius 2 is 0.600 bits per heavy atom. The average molecular weight is 272 g/mol. The molecule has 1 aromatic rings. The largest absolute Gasteiger partial charge is 0.104 e. The molecule has 0 atom stereocenters. The number of hydrogen-bond donors (Lipinski definition) is 0. The van der Waals surface area contributed by atoms with Crippen molar-refractivity contribution in [3.63, 3.8) is 0 Å². The molecule has 0 aliphatic heterocycles. The fraction of sp³-hybridized carbons (Fsp3) is 0.500. The van der Waals surface area contributed by atoms with E-state index in [0.29, 0.717) is 0 Å². The predicted octanol–water partition coefficient (Wildman–Crippen LogP) is 6.33. The molecule has 20 heavy (non-hydrogen) atoms. The molecule has 0 saturated heterocycles. The van der Waals surface area contributed by atoms with Gasteiger partial charge in [-0.2, -0.15) is 0 Å². The summed E-state index contributed by atoms with van der Waals surface area (Å²) in [7, 11) is 0. The van der Waals surface area contributed by atoms with Gasteiger partial charge in [-0.25, -0.2) is 0 Å². The zero-order chi connectivity index (χ0) is 15.9. The monoisotopic (exact) mass is 272 g/mol. The van der Waals surface area contributed by atoms with Crippen molar-refractivity contribution in [1.82, 2.24) is 0 Å². The van der Waals surface area contributed by atoms with E-state index in [1.54, 1.807) is 0 Å². The lowest BCUT2D eigenvalue weighted by Crippen LogP contribution is -1.52. The van der Waals surface area contributed by atoms with Crippen molar-refractivity contribution in [3.8, 4) is 23.7 Å². The van der Waals surface area contributed by atoms with Crippen molar-refractivity contribution in [1.29, 1.82) is 0 Å². The third-order valence-corrected chi connectivity index (χ3v) is 1.62. The Bertz CT molecular complexity index is 276. The zero-order valence-electron chi connectivity index (χ0n) is 14.3. The number of benzene rings is 1. The maximum Gasteiger partial charge on any atom is 0.00602 e.